The van der Waals surface area contributed by atoms with Crippen LogP contribution in [0.25, 0.3) is 0 Å². The van der Waals surface area contributed by atoms with Crippen LogP contribution in [0, 0.1) is 0 Å². The van der Waals surface area contributed by atoms with Gasteiger partial charge < -0.3 is 15.6 Å². The molecule has 0 spiro atoms. The van der Waals surface area contributed by atoms with Gasteiger partial charge in [-0.25, -0.2) is 4.98 Å². The predicted molar refractivity (Wildman–Crippen MR) is 79.4 cm³/mol. The highest BCUT2D eigenvalue weighted by Gasteiger charge is 2.29. The van der Waals surface area contributed by atoms with Gasteiger partial charge in [0.2, 0.25) is 5.91 Å². The van der Waals surface area contributed by atoms with Gasteiger partial charge in [-0.15, -0.1) is 0 Å². The fourth-order valence-electron chi connectivity index (χ4n) is 3.02. The second-order valence-corrected chi connectivity index (χ2v) is 5.87. The van der Waals surface area contributed by atoms with Crippen molar-refractivity contribution < 1.29 is 4.79 Å². The number of aryl methyl sites for hydroxylation is 2. The largest absolute Gasteiger partial charge is 0.368 e. The number of nitrogens with two attached hydrogens (primary N) is 1. The van der Waals surface area contributed by atoms with Crippen LogP contribution in [0.1, 0.15) is 50.9 Å². The maximum absolute atomic E-state index is 11.6. The van der Waals surface area contributed by atoms with Crippen molar-refractivity contribution in [1.29, 1.82) is 0 Å². The lowest BCUT2D eigenvalue weighted by atomic mass is 9.94. The minimum absolute atomic E-state index is 0.271. The van der Waals surface area contributed by atoms with Crippen molar-refractivity contribution in [3.8, 4) is 0 Å². The fraction of sp³-hybridized carbons (Fsp3) is 0.733. The Bertz CT molecular complexity index is 468. The lowest BCUT2D eigenvalue weighted by Crippen LogP contribution is -2.53. The van der Waals surface area contributed by atoms with E-state index in [4.69, 9.17) is 5.73 Å². The van der Waals surface area contributed by atoms with E-state index in [1.165, 1.54) is 24.2 Å². The molecule has 5 heteroatoms. The molecule has 1 atom stereocenters. The van der Waals surface area contributed by atoms with Gasteiger partial charge in [-0.3, -0.25) is 4.79 Å². The molecule has 0 radical (unpaired) electrons. The molecule has 20 heavy (non-hydrogen) atoms. The van der Waals surface area contributed by atoms with Crippen LogP contribution >= 0.6 is 0 Å². The van der Waals surface area contributed by atoms with Gasteiger partial charge in [0.1, 0.15) is 0 Å². The summed E-state index contributed by atoms with van der Waals surface area (Å²) in [6, 6.07) is 0. The molecule has 0 fully saturated rings. The number of carbonyl (C=O) groups is 1. The molecule has 0 bridgehead atoms. The molecule has 0 saturated heterocycles. The molecular formula is C15H26N4O. The van der Waals surface area contributed by atoms with Crippen molar-refractivity contribution in [3.63, 3.8) is 0 Å². The van der Waals surface area contributed by atoms with Crippen LogP contribution in [0.15, 0.2) is 6.33 Å². The highest BCUT2D eigenvalue weighted by molar-refractivity contribution is 5.84. The predicted octanol–water partition coefficient (Wildman–Crippen LogP) is 1.40. The molecule has 1 aliphatic rings. The minimum Gasteiger partial charge on any atom is -0.368 e. The molecule has 1 aliphatic carbocycles. The Balaban J connectivity index is 1.92. The van der Waals surface area contributed by atoms with Gasteiger partial charge >= 0.3 is 0 Å². The van der Waals surface area contributed by atoms with Crippen molar-refractivity contribution in [2.24, 2.45) is 5.73 Å². The van der Waals surface area contributed by atoms with Gasteiger partial charge in [0, 0.05) is 12.2 Å². The quantitative estimate of drug-likeness (QED) is 0.791. The summed E-state index contributed by atoms with van der Waals surface area (Å²) >= 11 is 0. The van der Waals surface area contributed by atoms with Crippen LogP contribution in [0.3, 0.4) is 0 Å². The summed E-state index contributed by atoms with van der Waals surface area (Å²) < 4.78 is 2.25. The summed E-state index contributed by atoms with van der Waals surface area (Å²) in [5, 5.41) is 3.20. The second kappa shape index (κ2) is 6.39. The molecule has 0 aromatic carbocycles. The zero-order chi connectivity index (χ0) is 14.6. The number of likely N-dealkylation sites (N-methyl/N-ethyl adjacent to an activating group) is 1. The molecule has 0 saturated carbocycles. The normalized spacial score (nSPS) is 17.5. The van der Waals surface area contributed by atoms with E-state index in [0.717, 1.165) is 38.8 Å². The standard InChI is InChI=1S/C15H26N4O/c1-3-18-15(2,14(16)20)9-6-10-19-11-17-12-7-4-5-8-13(12)19/h11,18H,3-10H2,1-2H3,(H2,16,20). The maximum atomic E-state index is 11.6. The summed E-state index contributed by atoms with van der Waals surface area (Å²) in [6.07, 6.45) is 8.39. The monoisotopic (exact) mass is 278 g/mol. The number of hydrogen-bond donors (Lipinski definition) is 2. The first-order valence-electron chi connectivity index (χ1n) is 7.64. The average Bonchev–Trinajstić information content (AvgIpc) is 2.82. The number of nitrogens with zero attached hydrogens (tertiary/aromatic N) is 2. The van der Waals surface area contributed by atoms with E-state index in [-0.39, 0.29) is 5.91 Å². The van der Waals surface area contributed by atoms with Gasteiger partial charge in [-0.05, 0) is 52.0 Å². The Kier molecular flexibility index (Phi) is 4.81. The van der Waals surface area contributed by atoms with Crippen LogP contribution in [-0.2, 0) is 24.2 Å². The summed E-state index contributed by atoms with van der Waals surface area (Å²) in [5.41, 5.74) is 7.56. The second-order valence-electron chi connectivity index (χ2n) is 5.87. The van der Waals surface area contributed by atoms with Crippen LogP contribution < -0.4 is 11.1 Å². The van der Waals surface area contributed by atoms with E-state index in [1.54, 1.807) is 0 Å². The topological polar surface area (TPSA) is 72.9 Å². The third-order valence-electron chi connectivity index (χ3n) is 4.30. The van der Waals surface area contributed by atoms with Crippen LogP contribution in [0.5, 0.6) is 0 Å². The number of fused-ring (bicyclic) bond motifs is 1. The first-order valence-corrected chi connectivity index (χ1v) is 7.64. The van der Waals surface area contributed by atoms with Crippen molar-refractivity contribution in [2.75, 3.05) is 6.54 Å². The molecule has 0 aliphatic heterocycles. The number of nitrogens with one attached hydrogen (secondary N) is 1. The van der Waals surface area contributed by atoms with Crippen LogP contribution in [-0.4, -0.2) is 27.5 Å². The lowest BCUT2D eigenvalue weighted by molar-refractivity contribution is -0.124. The number of primary amides is 1. The number of aromatic nitrogens is 2. The summed E-state index contributed by atoms with van der Waals surface area (Å²) in [7, 11) is 0. The van der Waals surface area contributed by atoms with Crippen LogP contribution in [0.4, 0.5) is 0 Å². The Hall–Kier alpha value is -1.36. The number of hydrogen-bond acceptors (Lipinski definition) is 3. The van der Waals surface area contributed by atoms with Crippen molar-refractivity contribution >= 4 is 5.91 Å². The third kappa shape index (κ3) is 3.20. The Labute approximate surface area is 120 Å². The SMILES string of the molecule is CCNC(C)(CCCn1cnc2c1CCCC2)C(N)=O. The molecule has 1 heterocycles. The summed E-state index contributed by atoms with van der Waals surface area (Å²) in [6.45, 7) is 5.55. The van der Waals surface area contributed by atoms with E-state index < -0.39 is 5.54 Å². The van der Waals surface area contributed by atoms with E-state index in [2.05, 4.69) is 14.9 Å². The zero-order valence-electron chi connectivity index (χ0n) is 12.6. The maximum Gasteiger partial charge on any atom is 0.237 e. The van der Waals surface area contributed by atoms with E-state index >= 15 is 0 Å². The number of imidazole rings is 1. The molecular weight excluding hydrogens is 252 g/mol. The fourth-order valence-corrected chi connectivity index (χ4v) is 3.02. The Morgan fingerprint density at radius 2 is 2.25 bits per heavy atom. The van der Waals surface area contributed by atoms with E-state index in [9.17, 15) is 4.79 Å². The first-order chi connectivity index (χ1) is 9.57. The molecule has 1 amide bonds. The minimum atomic E-state index is -0.602. The summed E-state index contributed by atoms with van der Waals surface area (Å²) in [5.74, 6) is -0.271. The van der Waals surface area contributed by atoms with E-state index in [0.29, 0.717) is 0 Å². The van der Waals surface area contributed by atoms with Crippen molar-refractivity contribution in [2.45, 2.75) is 64.5 Å². The van der Waals surface area contributed by atoms with Gasteiger partial charge in [-0.2, -0.15) is 0 Å². The third-order valence-corrected chi connectivity index (χ3v) is 4.30. The average molecular weight is 278 g/mol. The smallest absolute Gasteiger partial charge is 0.237 e. The highest BCUT2D eigenvalue weighted by atomic mass is 16.1. The molecule has 2 rings (SSSR count). The highest BCUT2D eigenvalue weighted by Crippen LogP contribution is 2.21. The van der Waals surface area contributed by atoms with Gasteiger partial charge in [0.25, 0.3) is 0 Å². The van der Waals surface area contributed by atoms with Crippen molar-refractivity contribution in [1.82, 2.24) is 14.9 Å². The van der Waals surface area contributed by atoms with Gasteiger partial charge in [0.15, 0.2) is 0 Å². The number of amides is 1. The Morgan fingerprint density at radius 1 is 1.50 bits per heavy atom. The molecule has 3 N–H and O–H groups in total. The van der Waals surface area contributed by atoms with E-state index in [1.807, 2.05) is 20.2 Å². The summed E-state index contributed by atoms with van der Waals surface area (Å²) in [4.78, 5) is 16.1. The molecule has 1 aromatic rings. The lowest BCUT2D eigenvalue weighted by Gasteiger charge is -2.27. The molecule has 5 nitrogen and oxygen atoms in total. The molecule has 112 valence electrons. The van der Waals surface area contributed by atoms with Gasteiger partial charge in [-0.1, -0.05) is 6.92 Å². The van der Waals surface area contributed by atoms with Gasteiger partial charge in [0.05, 0.1) is 17.6 Å². The first kappa shape index (κ1) is 15.0. The Morgan fingerprint density at radius 3 is 2.95 bits per heavy atom. The number of carbonyl (C=O) groups excluding carboxylic acids is 1. The molecule has 1 aromatic heterocycles. The van der Waals surface area contributed by atoms with Crippen LogP contribution in [0.2, 0.25) is 0 Å². The molecule has 1 unspecified atom stereocenters. The zero-order valence-corrected chi connectivity index (χ0v) is 12.6. The number of rotatable bonds is 7. The van der Waals surface area contributed by atoms with Crippen molar-refractivity contribution in [3.05, 3.63) is 17.7 Å².